The average Bonchev–Trinajstić information content (AvgIpc) is 2.94. The third kappa shape index (κ3) is 2.50. The van der Waals surface area contributed by atoms with E-state index < -0.39 is 12.0 Å². The van der Waals surface area contributed by atoms with Gasteiger partial charge in [-0.3, -0.25) is 9.89 Å². The van der Waals surface area contributed by atoms with Crippen molar-refractivity contribution >= 4 is 17.7 Å². The van der Waals surface area contributed by atoms with E-state index >= 15 is 0 Å². The van der Waals surface area contributed by atoms with E-state index in [4.69, 9.17) is 5.11 Å². The number of carbonyl (C=O) groups excluding carboxylic acids is 1. The quantitative estimate of drug-likeness (QED) is 0.693. The number of carboxylic acid groups (broad SMARTS) is 1. The van der Waals surface area contributed by atoms with Gasteiger partial charge in [0.2, 0.25) is 0 Å². The minimum Gasteiger partial charge on any atom is -0.480 e. The van der Waals surface area contributed by atoms with Crippen molar-refractivity contribution in [2.24, 2.45) is 0 Å². The first-order chi connectivity index (χ1) is 7.66. The number of carboxylic acids is 1. The fraction of sp³-hybridized carbons (Fsp3) is 0.444. The van der Waals surface area contributed by atoms with Crippen LogP contribution in [0.2, 0.25) is 0 Å². The summed E-state index contributed by atoms with van der Waals surface area (Å²) < 4.78 is 0. The first kappa shape index (κ1) is 10.5. The van der Waals surface area contributed by atoms with Gasteiger partial charge in [-0.05, 0) is 12.8 Å². The molecule has 1 fully saturated rings. The van der Waals surface area contributed by atoms with E-state index in [-0.39, 0.29) is 12.6 Å². The topological polar surface area (TPSA) is 98.3 Å². The molecule has 86 valence electrons. The Balaban J connectivity index is 1.97. The largest absolute Gasteiger partial charge is 0.480 e. The lowest BCUT2D eigenvalue weighted by molar-refractivity contribution is -0.137. The highest BCUT2D eigenvalue weighted by molar-refractivity contribution is 5.91. The lowest BCUT2D eigenvalue weighted by Crippen LogP contribution is -2.40. The summed E-state index contributed by atoms with van der Waals surface area (Å²) in [6.07, 6.45) is 4.73. The molecule has 1 aromatic heterocycles. The maximum Gasteiger partial charge on any atom is 0.323 e. The van der Waals surface area contributed by atoms with Crippen molar-refractivity contribution in [2.45, 2.75) is 18.9 Å². The first-order valence-corrected chi connectivity index (χ1v) is 4.95. The zero-order valence-corrected chi connectivity index (χ0v) is 8.51. The molecule has 7 nitrogen and oxygen atoms in total. The highest BCUT2D eigenvalue weighted by Gasteiger charge is 2.33. The van der Waals surface area contributed by atoms with Gasteiger partial charge in [0.25, 0.3) is 0 Å². The fourth-order valence-corrected chi connectivity index (χ4v) is 1.41. The standard InChI is InChI=1S/C9H12N4O3/c14-8(15)5-13(7-1-2-7)9(16)12-6-3-10-11-4-6/h3-4,7H,1-2,5H2,(H,10,11)(H,12,16)(H,14,15). The third-order valence-corrected chi connectivity index (χ3v) is 2.30. The first-order valence-electron chi connectivity index (χ1n) is 4.95. The Hall–Kier alpha value is -2.05. The zero-order valence-electron chi connectivity index (χ0n) is 8.51. The molecule has 0 saturated heterocycles. The molecule has 3 N–H and O–H groups in total. The van der Waals surface area contributed by atoms with Crippen molar-refractivity contribution in [1.29, 1.82) is 0 Å². The van der Waals surface area contributed by atoms with Crippen molar-refractivity contribution in [3.8, 4) is 0 Å². The molecule has 1 heterocycles. The second-order valence-electron chi connectivity index (χ2n) is 3.67. The number of H-pyrrole nitrogens is 1. The Morgan fingerprint density at radius 1 is 1.62 bits per heavy atom. The number of aromatic amines is 1. The van der Waals surface area contributed by atoms with Crippen LogP contribution in [0.1, 0.15) is 12.8 Å². The second-order valence-corrected chi connectivity index (χ2v) is 3.67. The molecule has 2 amide bonds. The Labute approximate surface area is 91.4 Å². The number of hydrogen-bond acceptors (Lipinski definition) is 3. The summed E-state index contributed by atoms with van der Waals surface area (Å²) in [4.78, 5) is 23.7. The monoisotopic (exact) mass is 224 g/mol. The molecule has 1 aliphatic rings. The maximum absolute atomic E-state index is 11.7. The van der Waals surface area contributed by atoms with Crippen LogP contribution < -0.4 is 5.32 Å². The van der Waals surface area contributed by atoms with E-state index in [9.17, 15) is 9.59 Å². The summed E-state index contributed by atoms with van der Waals surface area (Å²) >= 11 is 0. The van der Waals surface area contributed by atoms with Gasteiger partial charge < -0.3 is 15.3 Å². The van der Waals surface area contributed by atoms with Crippen molar-refractivity contribution < 1.29 is 14.7 Å². The fourth-order valence-electron chi connectivity index (χ4n) is 1.41. The number of rotatable bonds is 4. The number of amides is 2. The lowest BCUT2D eigenvalue weighted by Gasteiger charge is -2.19. The van der Waals surface area contributed by atoms with Crippen LogP contribution in [-0.2, 0) is 4.79 Å². The molecule has 1 aliphatic carbocycles. The van der Waals surface area contributed by atoms with E-state index in [0.29, 0.717) is 5.69 Å². The molecular weight excluding hydrogens is 212 g/mol. The van der Waals surface area contributed by atoms with Crippen LogP contribution in [-0.4, -0.2) is 44.8 Å². The van der Waals surface area contributed by atoms with Crippen molar-refractivity contribution in [3.63, 3.8) is 0 Å². The van der Waals surface area contributed by atoms with E-state index in [1.54, 1.807) is 0 Å². The Morgan fingerprint density at radius 2 is 2.38 bits per heavy atom. The molecule has 1 saturated carbocycles. The van der Waals surface area contributed by atoms with Gasteiger partial charge >= 0.3 is 12.0 Å². The molecule has 0 spiro atoms. The normalized spacial score (nSPS) is 14.5. The SMILES string of the molecule is O=C(O)CN(C(=O)Nc1cn[nH]c1)C1CC1. The molecule has 0 atom stereocenters. The maximum atomic E-state index is 11.7. The molecule has 0 aromatic carbocycles. The Bertz CT molecular complexity index is 385. The van der Waals surface area contributed by atoms with Gasteiger partial charge in [0.05, 0.1) is 11.9 Å². The summed E-state index contributed by atoms with van der Waals surface area (Å²) in [5.74, 6) is -1.01. The van der Waals surface area contributed by atoms with E-state index in [2.05, 4.69) is 15.5 Å². The summed E-state index contributed by atoms with van der Waals surface area (Å²) in [7, 11) is 0. The molecule has 2 rings (SSSR count). The average molecular weight is 224 g/mol. The number of aliphatic carboxylic acids is 1. The van der Waals surface area contributed by atoms with Crippen molar-refractivity contribution in [1.82, 2.24) is 15.1 Å². The summed E-state index contributed by atoms with van der Waals surface area (Å²) in [5, 5.41) is 17.5. The molecule has 0 radical (unpaired) electrons. The highest BCUT2D eigenvalue weighted by atomic mass is 16.4. The smallest absolute Gasteiger partial charge is 0.323 e. The molecule has 0 bridgehead atoms. The minimum absolute atomic E-state index is 0.0583. The molecule has 0 unspecified atom stereocenters. The van der Waals surface area contributed by atoms with Crippen molar-refractivity contribution in [3.05, 3.63) is 12.4 Å². The van der Waals surface area contributed by atoms with Gasteiger partial charge in [0, 0.05) is 12.2 Å². The van der Waals surface area contributed by atoms with Crippen LogP contribution in [0.3, 0.4) is 0 Å². The molecular formula is C9H12N4O3. The van der Waals surface area contributed by atoms with E-state index in [1.807, 2.05) is 0 Å². The second kappa shape index (κ2) is 4.21. The van der Waals surface area contributed by atoms with Gasteiger partial charge in [-0.15, -0.1) is 0 Å². The number of nitrogens with zero attached hydrogens (tertiary/aromatic N) is 2. The van der Waals surface area contributed by atoms with Crippen molar-refractivity contribution in [2.75, 3.05) is 11.9 Å². The minimum atomic E-state index is -1.01. The third-order valence-electron chi connectivity index (χ3n) is 2.30. The summed E-state index contributed by atoms with van der Waals surface area (Å²) in [6.45, 7) is -0.269. The summed E-state index contributed by atoms with van der Waals surface area (Å²) in [5.41, 5.74) is 0.529. The van der Waals surface area contributed by atoms with Crippen LogP contribution in [0.4, 0.5) is 10.5 Å². The molecule has 1 aromatic rings. The van der Waals surface area contributed by atoms with Gasteiger partial charge in [-0.2, -0.15) is 5.10 Å². The number of nitrogens with one attached hydrogen (secondary N) is 2. The van der Waals surface area contributed by atoms with Gasteiger partial charge in [0.15, 0.2) is 0 Å². The van der Waals surface area contributed by atoms with Gasteiger partial charge in [0.1, 0.15) is 6.54 Å². The van der Waals surface area contributed by atoms with Gasteiger partial charge in [-0.1, -0.05) is 0 Å². The number of hydrogen-bond donors (Lipinski definition) is 3. The Morgan fingerprint density at radius 3 is 2.88 bits per heavy atom. The summed E-state index contributed by atoms with van der Waals surface area (Å²) in [6, 6.07) is -0.339. The molecule has 7 heteroatoms. The predicted molar refractivity (Wildman–Crippen MR) is 55.0 cm³/mol. The van der Waals surface area contributed by atoms with Crippen LogP contribution in [0.15, 0.2) is 12.4 Å². The van der Waals surface area contributed by atoms with Gasteiger partial charge in [-0.25, -0.2) is 4.79 Å². The van der Waals surface area contributed by atoms with E-state index in [0.717, 1.165) is 12.8 Å². The zero-order chi connectivity index (χ0) is 11.5. The molecule has 0 aliphatic heterocycles. The number of anilines is 1. The number of aromatic nitrogens is 2. The Kier molecular flexibility index (Phi) is 2.76. The van der Waals surface area contributed by atoms with Crippen LogP contribution >= 0.6 is 0 Å². The highest BCUT2D eigenvalue weighted by Crippen LogP contribution is 2.27. The lowest BCUT2D eigenvalue weighted by atomic mass is 10.4. The van der Waals surface area contributed by atoms with E-state index in [1.165, 1.54) is 17.3 Å². The number of carbonyl (C=O) groups is 2. The predicted octanol–water partition coefficient (Wildman–Crippen LogP) is 0.491. The van der Waals surface area contributed by atoms with Crippen LogP contribution in [0.25, 0.3) is 0 Å². The van der Waals surface area contributed by atoms with Crippen LogP contribution in [0, 0.1) is 0 Å². The number of urea groups is 1. The molecule has 16 heavy (non-hydrogen) atoms. The van der Waals surface area contributed by atoms with Crippen LogP contribution in [0.5, 0.6) is 0 Å².